The van der Waals surface area contributed by atoms with E-state index in [1.807, 2.05) is 47.3 Å². The van der Waals surface area contributed by atoms with Crippen LogP contribution in [-0.2, 0) is 6.54 Å². The molecule has 0 saturated carbocycles. The number of hydrogen-bond donors (Lipinski definition) is 1. The van der Waals surface area contributed by atoms with Crippen molar-refractivity contribution in [2.24, 2.45) is 5.73 Å². The van der Waals surface area contributed by atoms with Crippen molar-refractivity contribution in [1.29, 1.82) is 0 Å². The van der Waals surface area contributed by atoms with E-state index in [0.717, 1.165) is 22.3 Å². The van der Waals surface area contributed by atoms with Crippen LogP contribution in [0.2, 0.25) is 0 Å². The molecule has 0 fully saturated rings. The van der Waals surface area contributed by atoms with Gasteiger partial charge in [-0.15, -0.1) is 0 Å². The predicted octanol–water partition coefficient (Wildman–Crippen LogP) is 1.88. The van der Waals surface area contributed by atoms with Crippen molar-refractivity contribution in [2.75, 3.05) is 0 Å². The Hall–Kier alpha value is -2.20. The Labute approximate surface area is 98.7 Å². The van der Waals surface area contributed by atoms with Crippen LogP contribution in [0.1, 0.15) is 5.56 Å². The Bertz CT molecular complexity index is 657. The fraction of sp³-hybridized carbons (Fsp3) is 0.0769. The Kier molecular flexibility index (Phi) is 2.34. The number of para-hydroxylation sites is 1. The lowest BCUT2D eigenvalue weighted by molar-refractivity contribution is 0.848. The first-order valence-corrected chi connectivity index (χ1v) is 5.47. The molecule has 0 unspecified atom stereocenters. The van der Waals surface area contributed by atoms with Crippen LogP contribution in [0.5, 0.6) is 0 Å². The first-order chi connectivity index (χ1) is 8.40. The molecule has 2 aromatic heterocycles. The highest BCUT2D eigenvalue weighted by molar-refractivity contribution is 5.79. The fourth-order valence-corrected chi connectivity index (χ4v) is 1.92. The summed E-state index contributed by atoms with van der Waals surface area (Å²) in [5.41, 5.74) is 7.75. The second-order valence-corrected chi connectivity index (χ2v) is 3.81. The van der Waals surface area contributed by atoms with Gasteiger partial charge in [0.05, 0.1) is 11.7 Å². The van der Waals surface area contributed by atoms with Crippen molar-refractivity contribution in [3.63, 3.8) is 0 Å². The molecule has 3 rings (SSSR count). The Morgan fingerprint density at radius 2 is 2.00 bits per heavy atom. The fourth-order valence-electron chi connectivity index (χ4n) is 1.92. The molecule has 0 aliphatic rings. The second kappa shape index (κ2) is 3.99. The van der Waals surface area contributed by atoms with E-state index >= 15 is 0 Å². The average molecular weight is 224 g/mol. The van der Waals surface area contributed by atoms with E-state index in [0.29, 0.717) is 6.54 Å². The number of fused-ring (bicyclic) bond motifs is 1. The number of pyridine rings is 1. The van der Waals surface area contributed by atoms with Crippen LogP contribution in [0.15, 0.2) is 48.8 Å². The number of rotatable bonds is 2. The van der Waals surface area contributed by atoms with E-state index < -0.39 is 0 Å². The summed E-state index contributed by atoms with van der Waals surface area (Å²) in [7, 11) is 0. The van der Waals surface area contributed by atoms with Gasteiger partial charge < -0.3 is 5.73 Å². The normalized spacial score (nSPS) is 10.9. The number of benzene rings is 1. The Morgan fingerprint density at radius 3 is 2.88 bits per heavy atom. The molecule has 0 aliphatic heterocycles. The maximum absolute atomic E-state index is 5.72. The van der Waals surface area contributed by atoms with Crippen LogP contribution in [0, 0.1) is 0 Å². The van der Waals surface area contributed by atoms with Gasteiger partial charge in [-0.3, -0.25) is 0 Å². The highest BCUT2D eigenvalue weighted by Crippen LogP contribution is 2.18. The molecule has 84 valence electrons. The maximum Gasteiger partial charge on any atom is 0.158 e. The largest absolute Gasteiger partial charge is 0.326 e. The summed E-state index contributed by atoms with van der Waals surface area (Å²) in [5.74, 6) is 0.802. The third kappa shape index (κ3) is 1.59. The topological polar surface area (TPSA) is 56.7 Å². The third-order valence-electron chi connectivity index (χ3n) is 2.77. The Morgan fingerprint density at radius 1 is 1.12 bits per heavy atom. The number of aromatic nitrogens is 3. The van der Waals surface area contributed by atoms with Gasteiger partial charge in [0.15, 0.2) is 5.82 Å². The van der Waals surface area contributed by atoms with Crippen LogP contribution in [0.25, 0.3) is 16.7 Å². The monoisotopic (exact) mass is 224 g/mol. The molecule has 0 radical (unpaired) electrons. The zero-order chi connectivity index (χ0) is 11.7. The van der Waals surface area contributed by atoms with Crippen LogP contribution in [0.3, 0.4) is 0 Å². The van der Waals surface area contributed by atoms with Gasteiger partial charge in [0.1, 0.15) is 0 Å². The first-order valence-electron chi connectivity index (χ1n) is 5.47. The highest BCUT2D eigenvalue weighted by atomic mass is 15.3. The summed E-state index contributed by atoms with van der Waals surface area (Å²) in [5, 5.41) is 5.47. The molecule has 1 aromatic carbocycles. The van der Waals surface area contributed by atoms with E-state index in [1.54, 1.807) is 6.20 Å². The van der Waals surface area contributed by atoms with Gasteiger partial charge in [0.25, 0.3) is 0 Å². The standard InChI is InChI=1S/C13H12N4/c14-8-10-5-3-7-15-13(10)17-12-6-2-1-4-11(12)9-16-17/h1-7,9H,8,14H2. The van der Waals surface area contributed by atoms with E-state index in [1.165, 1.54) is 0 Å². The van der Waals surface area contributed by atoms with Crippen molar-refractivity contribution >= 4 is 10.9 Å². The van der Waals surface area contributed by atoms with Gasteiger partial charge in [-0.05, 0) is 12.1 Å². The smallest absolute Gasteiger partial charge is 0.158 e. The molecular weight excluding hydrogens is 212 g/mol. The van der Waals surface area contributed by atoms with Crippen LogP contribution in [0.4, 0.5) is 0 Å². The van der Waals surface area contributed by atoms with Gasteiger partial charge in [-0.1, -0.05) is 24.3 Å². The van der Waals surface area contributed by atoms with Crippen molar-refractivity contribution in [3.8, 4) is 5.82 Å². The quantitative estimate of drug-likeness (QED) is 0.723. The molecule has 2 heterocycles. The molecule has 3 aromatic rings. The lowest BCUT2D eigenvalue weighted by Crippen LogP contribution is -2.07. The number of hydrogen-bond acceptors (Lipinski definition) is 3. The van der Waals surface area contributed by atoms with Crippen molar-refractivity contribution in [3.05, 3.63) is 54.4 Å². The zero-order valence-corrected chi connectivity index (χ0v) is 9.24. The van der Waals surface area contributed by atoms with Gasteiger partial charge in [0, 0.05) is 23.7 Å². The van der Waals surface area contributed by atoms with Gasteiger partial charge >= 0.3 is 0 Å². The lowest BCUT2D eigenvalue weighted by Gasteiger charge is -2.07. The zero-order valence-electron chi connectivity index (χ0n) is 9.24. The van der Waals surface area contributed by atoms with Crippen LogP contribution < -0.4 is 5.73 Å². The third-order valence-corrected chi connectivity index (χ3v) is 2.77. The van der Waals surface area contributed by atoms with Gasteiger partial charge in [-0.25, -0.2) is 9.67 Å². The molecule has 0 aliphatic carbocycles. The maximum atomic E-state index is 5.72. The van der Waals surface area contributed by atoms with Crippen molar-refractivity contribution in [1.82, 2.24) is 14.8 Å². The summed E-state index contributed by atoms with van der Waals surface area (Å²) >= 11 is 0. The van der Waals surface area contributed by atoms with Crippen LogP contribution >= 0.6 is 0 Å². The molecule has 4 heteroatoms. The Balaban J connectivity index is 2.27. The van der Waals surface area contributed by atoms with E-state index in [9.17, 15) is 0 Å². The van der Waals surface area contributed by atoms with E-state index in [2.05, 4.69) is 10.1 Å². The minimum absolute atomic E-state index is 0.456. The SMILES string of the molecule is NCc1cccnc1-n1ncc2ccccc21. The van der Waals surface area contributed by atoms with Crippen molar-refractivity contribution in [2.45, 2.75) is 6.54 Å². The minimum Gasteiger partial charge on any atom is -0.326 e. The molecule has 4 nitrogen and oxygen atoms in total. The number of nitrogens with zero attached hydrogens (tertiary/aromatic N) is 3. The van der Waals surface area contributed by atoms with E-state index in [-0.39, 0.29) is 0 Å². The lowest BCUT2D eigenvalue weighted by atomic mass is 10.2. The summed E-state index contributed by atoms with van der Waals surface area (Å²) in [6, 6.07) is 11.9. The van der Waals surface area contributed by atoms with Gasteiger partial charge in [-0.2, -0.15) is 5.10 Å². The van der Waals surface area contributed by atoms with Crippen molar-refractivity contribution < 1.29 is 0 Å². The molecule has 0 saturated heterocycles. The highest BCUT2D eigenvalue weighted by Gasteiger charge is 2.08. The molecule has 2 N–H and O–H groups in total. The number of nitrogens with two attached hydrogens (primary N) is 1. The van der Waals surface area contributed by atoms with E-state index in [4.69, 9.17) is 5.73 Å². The molecule has 0 amide bonds. The molecule has 0 atom stereocenters. The van der Waals surface area contributed by atoms with Gasteiger partial charge in [0.2, 0.25) is 0 Å². The average Bonchev–Trinajstić information content (AvgIpc) is 2.82. The minimum atomic E-state index is 0.456. The molecule has 17 heavy (non-hydrogen) atoms. The summed E-state index contributed by atoms with van der Waals surface area (Å²) < 4.78 is 1.83. The summed E-state index contributed by atoms with van der Waals surface area (Å²) in [6.45, 7) is 0.456. The molecular formula is C13H12N4. The summed E-state index contributed by atoms with van der Waals surface area (Å²) in [4.78, 5) is 4.36. The molecule has 0 bridgehead atoms. The second-order valence-electron chi connectivity index (χ2n) is 3.81. The first kappa shape index (κ1) is 9.99. The summed E-state index contributed by atoms with van der Waals surface area (Å²) in [6.07, 6.45) is 3.59. The van der Waals surface area contributed by atoms with Crippen LogP contribution in [-0.4, -0.2) is 14.8 Å². The molecule has 0 spiro atoms. The predicted molar refractivity (Wildman–Crippen MR) is 66.8 cm³/mol.